The highest BCUT2D eigenvalue weighted by atomic mass is 32.2. The van der Waals surface area contributed by atoms with Gasteiger partial charge < -0.3 is 9.47 Å². The minimum absolute atomic E-state index is 0.000654. The Morgan fingerprint density at radius 3 is 2.56 bits per heavy atom. The van der Waals surface area contributed by atoms with Crippen LogP contribution in [0.1, 0.15) is 12.0 Å². The van der Waals surface area contributed by atoms with Crippen LogP contribution in [0, 0.1) is 0 Å². The Hall–Kier alpha value is -1.36. The Morgan fingerprint density at radius 2 is 2.00 bits per heavy atom. The van der Waals surface area contributed by atoms with Gasteiger partial charge in [-0.1, -0.05) is 12.1 Å². The number of para-hydroxylation sites is 1. The molecule has 0 bridgehead atoms. The molecule has 1 atom stereocenters. The van der Waals surface area contributed by atoms with E-state index in [0.29, 0.717) is 24.3 Å². The van der Waals surface area contributed by atoms with Gasteiger partial charge in [0.2, 0.25) is 0 Å². The number of methoxy groups -OCH3 is 2. The zero-order chi connectivity index (χ0) is 13.5. The number of carbonyl (C=O) groups is 1. The second-order valence-corrected chi connectivity index (χ2v) is 5.34. The molecule has 0 aliphatic heterocycles. The monoisotopic (exact) mass is 270 g/mol. The average Bonchev–Trinajstić information content (AvgIpc) is 2.34. The van der Waals surface area contributed by atoms with Crippen molar-refractivity contribution >= 4 is 16.6 Å². The summed E-state index contributed by atoms with van der Waals surface area (Å²) in [5.41, 5.74) is 0.923. The van der Waals surface area contributed by atoms with Gasteiger partial charge in [0.15, 0.2) is 11.5 Å². The van der Waals surface area contributed by atoms with Gasteiger partial charge in [-0.25, -0.2) is 0 Å². The lowest BCUT2D eigenvalue weighted by molar-refractivity contribution is -0.116. The van der Waals surface area contributed by atoms with Gasteiger partial charge in [-0.2, -0.15) is 0 Å². The fraction of sp³-hybridized carbons (Fsp3) is 0.462. The van der Waals surface area contributed by atoms with E-state index in [0.717, 1.165) is 5.56 Å². The highest BCUT2D eigenvalue weighted by molar-refractivity contribution is 7.85. The molecule has 0 aromatic heterocycles. The molecule has 0 amide bonds. The number of hydrogen-bond acceptors (Lipinski definition) is 4. The van der Waals surface area contributed by atoms with Crippen LogP contribution in [0.4, 0.5) is 0 Å². The van der Waals surface area contributed by atoms with Gasteiger partial charge in [-0.05, 0) is 18.1 Å². The van der Waals surface area contributed by atoms with Crippen molar-refractivity contribution in [2.75, 3.05) is 26.2 Å². The molecule has 0 heterocycles. The van der Waals surface area contributed by atoms with Crippen molar-refractivity contribution in [2.45, 2.75) is 12.8 Å². The van der Waals surface area contributed by atoms with E-state index in [4.69, 9.17) is 9.47 Å². The maximum Gasteiger partial charge on any atom is 0.163 e. The van der Waals surface area contributed by atoms with Crippen LogP contribution < -0.4 is 9.47 Å². The van der Waals surface area contributed by atoms with E-state index in [1.54, 1.807) is 14.2 Å². The molecule has 0 unspecified atom stereocenters. The Balaban J connectivity index is 2.72. The van der Waals surface area contributed by atoms with Crippen LogP contribution in [0.5, 0.6) is 11.5 Å². The van der Waals surface area contributed by atoms with Crippen LogP contribution in [0.25, 0.3) is 0 Å². The highest BCUT2D eigenvalue weighted by Crippen LogP contribution is 2.31. The van der Waals surface area contributed by atoms with Crippen molar-refractivity contribution in [3.8, 4) is 11.5 Å². The summed E-state index contributed by atoms with van der Waals surface area (Å²) in [5.74, 6) is 1.43. The van der Waals surface area contributed by atoms with E-state index in [-0.39, 0.29) is 11.5 Å². The number of Topliss-reactive ketones (excluding diaryl/α,β-unsaturated/α-hetero) is 1. The fourth-order valence-corrected chi connectivity index (χ4v) is 2.32. The standard InChI is InChI=1S/C13H18O4S/c1-16-12-6-4-5-10(13(12)17-2)7-8-11(14)9-18(3)15/h4-6H,7-9H2,1-3H3/t18-/m0/s1. The van der Waals surface area contributed by atoms with Crippen molar-refractivity contribution in [3.05, 3.63) is 23.8 Å². The fourth-order valence-electron chi connectivity index (χ4n) is 1.72. The van der Waals surface area contributed by atoms with E-state index in [9.17, 15) is 9.00 Å². The molecule has 0 saturated carbocycles. The Kier molecular flexibility index (Phi) is 5.85. The number of aryl methyl sites for hydroxylation is 1. The third kappa shape index (κ3) is 4.14. The predicted octanol–water partition coefficient (Wildman–Crippen LogP) is 1.58. The molecule has 0 aliphatic carbocycles. The van der Waals surface area contributed by atoms with Crippen LogP contribution in [-0.2, 0) is 22.0 Å². The van der Waals surface area contributed by atoms with Crippen LogP contribution >= 0.6 is 0 Å². The van der Waals surface area contributed by atoms with E-state index < -0.39 is 10.8 Å². The molecule has 1 aromatic carbocycles. The molecular weight excluding hydrogens is 252 g/mol. The van der Waals surface area contributed by atoms with E-state index in [1.807, 2.05) is 18.2 Å². The van der Waals surface area contributed by atoms with Crippen molar-refractivity contribution in [2.24, 2.45) is 0 Å². The maximum absolute atomic E-state index is 11.5. The summed E-state index contributed by atoms with van der Waals surface area (Å²) in [6.07, 6.45) is 2.46. The van der Waals surface area contributed by atoms with Crippen LogP contribution in [0.2, 0.25) is 0 Å². The Bertz CT molecular complexity index is 443. The normalized spacial score (nSPS) is 11.9. The van der Waals surface area contributed by atoms with Crippen molar-refractivity contribution in [1.82, 2.24) is 0 Å². The minimum atomic E-state index is -1.07. The van der Waals surface area contributed by atoms with E-state index in [2.05, 4.69) is 0 Å². The summed E-state index contributed by atoms with van der Waals surface area (Å²) in [6, 6.07) is 5.57. The predicted molar refractivity (Wildman–Crippen MR) is 71.8 cm³/mol. The topological polar surface area (TPSA) is 52.6 Å². The van der Waals surface area contributed by atoms with Crippen molar-refractivity contribution in [3.63, 3.8) is 0 Å². The van der Waals surface area contributed by atoms with E-state index in [1.165, 1.54) is 6.26 Å². The first-order valence-corrected chi connectivity index (χ1v) is 7.32. The molecule has 4 nitrogen and oxygen atoms in total. The number of ether oxygens (including phenoxy) is 2. The second kappa shape index (κ2) is 7.16. The van der Waals surface area contributed by atoms with Crippen molar-refractivity contribution in [1.29, 1.82) is 0 Å². The number of ketones is 1. The lowest BCUT2D eigenvalue weighted by Gasteiger charge is -2.12. The van der Waals surface area contributed by atoms with Gasteiger partial charge in [0.1, 0.15) is 5.78 Å². The Morgan fingerprint density at radius 1 is 1.28 bits per heavy atom. The molecule has 0 saturated heterocycles. The zero-order valence-electron chi connectivity index (χ0n) is 10.9. The molecule has 5 heteroatoms. The minimum Gasteiger partial charge on any atom is -0.493 e. The molecule has 100 valence electrons. The first-order valence-electron chi connectivity index (χ1n) is 5.60. The number of hydrogen-bond donors (Lipinski definition) is 0. The summed E-state index contributed by atoms with van der Waals surface area (Å²) in [6.45, 7) is 0. The first-order chi connectivity index (χ1) is 8.58. The molecule has 0 N–H and O–H groups in total. The average molecular weight is 270 g/mol. The highest BCUT2D eigenvalue weighted by Gasteiger charge is 2.11. The van der Waals surface area contributed by atoms with Gasteiger partial charge in [-0.3, -0.25) is 9.00 Å². The SMILES string of the molecule is COc1cccc(CCC(=O)C[S@](C)=O)c1OC. The molecular formula is C13H18O4S. The maximum atomic E-state index is 11.5. The van der Waals surface area contributed by atoms with Crippen LogP contribution in [0.3, 0.4) is 0 Å². The summed E-state index contributed by atoms with van der Waals surface area (Å²) in [5, 5.41) is 0. The van der Waals surface area contributed by atoms with Crippen LogP contribution in [0.15, 0.2) is 18.2 Å². The van der Waals surface area contributed by atoms with E-state index >= 15 is 0 Å². The zero-order valence-corrected chi connectivity index (χ0v) is 11.7. The molecule has 0 radical (unpaired) electrons. The third-order valence-electron chi connectivity index (χ3n) is 2.52. The van der Waals surface area contributed by atoms with Crippen molar-refractivity contribution < 1.29 is 18.5 Å². The molecule has 1 aromatic rings. The van der Waals surface area contributed by atoms with Gasteiger partial charge in [-0.15, -0.1) is 0 Å². The first kappa shape index (κ1) is 14.7. The van der Waals surface area contributed by atoms with Gasteiger partial charge in [0, 0.05) is 23.5 Å². The molecule has 0 spiro atoms. The molecule has 0 fully saturated rings. The lowest BCUT2D eigenvalue weighted by atomic mass is 10.1. The van der Waals surface area contributed by atoms with Crippen LogP contribution in [-0.4, -0.2) is 36.2 Å². The molecule has 0 aliphatic rings. The molecule has 1 rings (SSSR count). The summed E-state index contributed by atoms with van der Waals surface area (Å²) >= 11 is 0. The third-order valence-corrected chi connectivity index (χ3v) is 3.25. The van der Waals surface area contributed by atoms with Gasteiger partial charge in [0.25, 0.3) is 0 Å². The van der Waals surface area contributed by atoms with Gasteiger partial charge >= 0.3 is 0 Å². The number of benzene rings is 1. The smallest absolute Gasteiger partial charge is 0.163 e. The number of rotatable bonds is 7. The summed E-state index contributed by atoms with van der Waals surface area (Å²) in [7, 11) is 2.08. The second-order valence-electron chi connectivity index (χ2n) is 3.91. The molecule has 18 heavy (non-hydrogen) atoms. The quantitative estimate of drug-likeness (QED) is 0.755. The van der Waals surface area contributed by atoms with Gasteiger partial charge in [0.05, 0.1) is 20.0 Å². The number of carbonyl (C=O) groups excluding carboxylic acids is 1. The summed E-state index contributed by atoms with van der Waals surface area (Å²) in [4.78, 5) is 11.5. The summed E-state index contributed by atoms with van der Waals surface area (Å²) < 4.78 is 21.4. The lowest BCUT2D eigenvalue weighted by Crippen LogP contribution is -2.10. The largest absolute Gasteiger partial charge is 0.493 e. The Labute approximate surface area is 110 Å².